The van der Waals surface area contributed by atoms with Gasteiger partial charge in [-0.25, -0.2) is 9.97 Å². The highest BCUT2D eigenvalue weighted by Crippen LogP contribution is 2.31. The van der Waals surface area contributed by atoms with E-state index < -0.39 is 0 Å². The zero-order valence-corrected chi connectivity index (χ0v) is 19.4. The molecule has 2 N–H and O–H groups in total. The van der Waals surface area contributed by atoms with Crippen LogP contribution in [0.4, 0.5) is 11.4 Å². The Labute approximate surface area is 196 Å². The van der Waals surface area contributed by atoms with Gasteiger partial charge in [0.1, 0.15) is 11.2 Å². The summed E-state index contributed by atoms with van der Waals surface area (Å²) in [5.74, 6) is 0.688. The lowest BCUT2D eigenvalue weighted by molar-refractivity contribution is 0.313. The maximum atomic E-state index is 4.79. The molecule has 0 aliphatic carbocycles. The number of nitrogens with one attached hydrogen (secondary N) is 2. The van der Waals surface area contributed by atoms with Crippen LogP contribution in [0, 0.1) is 0 Å². The number of nitrogens with zero attached hydrogens (tertiary/aromatic N) is 8. The minimum Gasteiger partial charge on any atom is -0.376 e. The van der Waals surface area contributed by atoms with E-state index in [2.05, 4.69) is 59.1 Å². The highest BCUT2D eigenvalue weighted by atomic mass is 15.3. The Morgan fingerprint density at radius 3 is 2.68 bits per heavy atom. The summed E-state index contributed by atoms with van der Waals surface area (Å²) in [6, 6.07) is 6.17. The molecule has 0 spiro atoms. The molecule has 172 valence electrons. The molecule has 5 aromatic rings. The molecular formula is C24H26N10. The Hall–Kier alpha value is -4.05. The molecule has 0 amide bonds. The average Bonchev–Trinajstić information content (AvgIpc) is 3.48. The van der Waals surface area contributed by atoms with Gasteiger partial charge < -0.3 is 19.7 Å². The first-order valence-corrected chi connectivity index (χ1v) is 11.3. The summed E-state index contributed by atoms with van der Waals surface area (Å²) in [6.45, 7) is 4.03. The topological polar surface area (TPSA) is 106 Å². The van der Waals surface area contributed by atoms with Gasteiger partial charge in [0.25, 0.3) is 0 Å². The van der Waals surface area contributed by atoms with Crippen molar-refractivity contribution >= 4 is 33.4 Å². The van der Waals surface area contributed by atoms with Gasteiger partial charge in [0.2, 0.25) is 0 Å². The Kier molecular flexibility index (Phi) is 4.88. The van der Waals surface area contributed by atoms with Gasteiger partial charge in [0, 0.05) is 63.6 Å². The standard InChI is InChI=1S/C24H26N10/c1-32(2)16-10-15(12-25-13-16)18-11-17-19(14-27-18)30-31-21(17)24-28-22-20(4-5-26-23(22)29-24)34-8-6-33(3)7-9-34/h4-5,10-14H,6-9H2,1-3H3,(H,30,31)(H,26,28,29). The number of H-pyrrole nitrogens is 2. The summed E-state index contributed by atoms with van der Waals surface area (Å²) in [5, 5.41) is 8.60. The van der Waals surface area contributed by atoms with E-state index in [1.165, 1.54) is 0 Å². The van der Waals surface area contributed by atoms with E-state index >= 15 is 0 Å². The summed E-state index contributed by atoms with van der Waals surface area (Å²) in [4.78, 5) is 28.6. The van der Waals surface area contributed by atoms with Crippen LogP contribution in [0.5, 0.6) is 0 Å². The largest absolute Gasteiger partial charge is 0.376 e. The summed E-state index contributed by atoms with van der Waals surface area (Å²) in [5.41, 5.74) is 7.16. The first-order chi connectivity index (χ1) is 16.6. The van der Waals surface area contributed by atoms with E-state index in [-0.39, 0.29) is 0 Å². The van der Waals surface area contributed by atoms with Crippen molar-refractivity contribution in [1.29, 1.82) is 0 Å². The molecule has 1 fully saturated rings. The molecule has 1 saturated heterocycles. The normalized spacial score (nSPS) is 14.9. The van der Waals surface area contributed by atoms with Gasteiger partial charge in [-0.3, -0.25) is 15.1 Å². The average molecular weight is 455 g/mol. The molecule has 1 aliphatic rings. The molecule has 0 saturated carbocycles. The van der Waals surface area contributed by atoms with E-state index in [1.807, 2.05) is 43.7 Å². The molecule has 5 aromatic heterocycles. The number of hydrogen-bond acceptors (Lipinski definition) is 8. The van der Waals surface area contributed by atoms with Gasteiger partial charge in [0.05, 0.1) is 35.0 Å². The predicted octanol–water partition coefficient (Wildman–Crippen LogP) is 2.78. The summed E-state index contributed by atoms with van der Waals surface area (Å²) < 4.78 is 0. The third kappa shape index (κ3) is 3.52. The number of pyridine rings is 3. The smallest absolute Gasteiger partial charge is 0.180 e. The second kappa shape index (κ2) is 8.07. The van der Waals surface area contributed by atoms with Crippen molar-refractivity contribution < 1.29 is 0 Å². The monoisotopic (exact) mass is 454 g/mol. The van der Waals surface area contributed by atoms with Crippen molar-refractivity contribution in [1.82, 2.24) is 40.0 Å². The Bertz CT molecular complexity index is 1480. The van der Waals surface area contributed by atoms with E-state index in [0.717, 1.165) is 70.9 Å². The van der Waals surface area contributed by atoms with Crippen molar-refractivity contribution in [3.05, 3.63) is 43.0 Å². The molecule has 0 bridgehead atoms. The predicted molar refractivity (Wildman–Crippen MR) is 134 cm³/mol. The molecule has 10 nitrogen and oxygen atoms in total. The molecular weight excluding hydrogens is 428 g/mol. The van der Waals surface area contributed by atoms with Crippen LogP contribution in [-0.4, -0.2) is 87.3 Å². The van der Waals surface area contributed by atoms with Crippen LogP contribution in [0.1, 0.15) is 0 Å². The molecule has 0 radical (unpaired) electrons. The first kappa shape index (κ1) is 20.5. The van der Waals surface area contributed by atoms with Crippen LogP contribution in [0.3, 0.4) is 0 Å². The van der Waals surface area contributed by atoms with Gasteiger partial charge in [-0.05, 0) is 25.2 Å². The third-order valence-electron chi connectivity index (χ3n) is 6.42. The Morgan fingerprint density at radius 2 is 1.85 bits per heavy atom. The number of rotatable bonds is 4. The van der Waals surface area contributed by atoms with Crippen molar-refractivity contribution in [2.24, 2.45) is 0 Å². The molecule has 0 aromatic carbocycles. The van der Waals surface area contributed by atoms with Gasteiger partial charge in [-0.1, -0.05) is 0 Å². The van der Waals surface area contributed by atoms with Crippen LogP contribution in [0.2, 0.25) is 0 Å². The maximum Gasteiger partial charge on any atom is 0.180 e. The van der Waals surface area contributed by atoms with Gasteiger partial charge in [-0.15, -0.1) is 0 Å². The van der Waals surface area contributed by atoms with E-state index in [4.69, 9.17) is 4.98 Å². The van der Waals surface area contributed by atoms with E-state index in [0.29, 0.717) is 11.5 Å². The van der Waals surface area contributed by atoms with Crippen LogP contribution >= 0.6 is 0 Å². The minimum absolute atomic E-state index is 0.688. The zero-order valence-electron chi connectivity index (χ0n) is 19.4. The maximum absolute atomic E-state index is 4.79. The fourth-order valence-corrected chi connectivity index (χ4v) is 4.39. The Balaban J connectivity index is 1.42. The third-order valence-corrected chi connectivity index (χ3v) is 6.42. The van der Waals surface area contributed by atoms with Crippen LogP contribution < -0.4 is 9.80 Å². The molecule has 6 rings (SSSR count). The highest BCUT2D eigenvalue weighted by Gasteiger charge is 2.20. The Morgan fingerprint density at radius 1 is 1.00 bits per heavy atom. The lowest BCUT2D eigenvalue weighted by Crippen LogP contribution is -2.44. The molecule has 1 aliphatic heterocycles. The number of aromatic nitrogens is 7. The number of likely N-dealkylation sites (N-methyl/N-ethyl adjacent to an activating group) is 1. The molecule has 6 heterocycles. The van der Waals surface area contributed by atoms with Crippen molar-refractivity contribution in [2.45, 2.75) is 0 Å². The highest BCUT2D eigenvalue weighted by molar-refractivity contribution is 5.96. The van der Waals surface area contributed by atoms with E-state index in [9.17, 15) is 0 Å². The number of anilines is 2. The number of piperazine rings is 1. The lowest BCUT2D eigenvalue weighted by atomic mass is 10.1. The number of imidazole rings is 1. The van der Waals surface area contributed by atoms with Crippen molar-refractivity contribution in [2.75, 3.05) is 57.1 Å². The summed E-state index contributed by atoms with van der Waals surface area (Å²) in [7, 11) is 6.15. The minimum atomic E-state index is 0.688. The van der Waals surface area contributed by atoms with Gasteiger partial charge >= 0.3 is 0 Å². The number of aromatic amines is 2. The fourth-order valence-electron chi connectivity index (χ4n) is 4.39. The van der Waals surface area contributed by atoms with Crippen molar-refractivity contribution in [3.63, 3.8) is 0 Å². The molecule has 34 heavy (non-hydrogen) atoms. The summed E-state index contributed by atoms with van der Waals surface area (Å²) >= 11 is 0. The fraction of sp³-hybridized carbons (Fsp3) is 0.292. The quantitative estimate of drug-likeness (QED) is 0.427. The first-order valence-electron chi connectivity index (χ1n) is 11.3. The molecule has 0 atom stereocenters. The number of fused-ring (bicyclic) bond motifs is 2. The molecule has 0 unspecified atom stereocenters. The second-order valence-electron chi connectivity index (χ2n) is 8.92. The van der Waals surface area contributed by atoms with Gasteiger partial charge in [0.15, 0.2) is 11.5 Å². The summed E-state index contributed by atoms with van der Waals surface area (Å²) in [6.07, 6.45) is 7.30. The SMILES string of the molecule is CN1CCN(c2ccnc3nc(-c4n[nH]c5cnc(-c6cncc(N(C)C)c6)cc45)[nH]c23)CC1. The van der Waals surface area contributed by atoms with Crippen molar-refractivity contribution in [3.8, 4) is 22.8 Å². The molecule has 10 heteroatoms. The lowest BCUT2D eigenvalue weighted by Gasteiger charge is -2.34. The van der Waals surface area contributed by atoms with E-state index in [1.54, 1.807) is 6.20 Å². The van der Waals surface area contributed by atoms with Crippen LogP contribution in [-0.2, 0) is 0 Å². The zero-order chi connectivity index (χ0) is 23.2. The van der Waals surface area contributed by atoms with Gasteiger partial charge in [-0.2, -0.15) is 5.10 Å². The van der Waals surface area contributed by atoms with Crippen LogP contribution in [0.25, 0.3) is 44.8 Å². The van der Waals surface area contributed by atoms with Crippen LogP contribution in [0.15, 0.2) is 43.0 Å². The second-order valence-corrected chi connectivity index (χ2v) is 8.92. The number of hydrogen-bond donors (Lipinski definition) is 2.